The van der Waals surface area contributed by atoms with Crippen molar-refractivity contribution in [2.24, 2.45) is 7.05 Å². The van der Waals surface area contributed by atoms with E-state index in [-0.39, 0.29) is 0 Å². The summed E-state index contributed by atoms with van der Waals surface area (Å²) in [5.41, 5.74) is 0. The molecule has 1 atom stereocenters. The number of rotatable bonds is 3. The first-order valence-electron chi connectivity index (χ1n) is 5.31. The maximum absolute atomic E-state index is 10.9. The molecule has 16 heavy (non-hydrogen) atoms. The molecule has 0 aliphatic carbocycles. The van der Waals surface area contributed by atoms with Gasteiger partial charge in [0.25, 0.3) is 0 Å². The van der Waals surface area contributed by atoms with Gasteiger partial charge in [0.2, 0.25) is 0 Å². The van der Waals surface area contributed by atoms with Crippen molar-refractivity contribution in [1.82, 2.24) is 19.8 Å². The number of hydrogen-bond acceptors (Lipinski definition) is 4. The summed E-state index contributed by atoms with van der Waals surface area (Å²) in [5, 5.41) is 11.9. The Kier molecular flexibility index (Phi) is 3.21. The van der Waals surface area contributed by atoms with Gasteiger partial charge in [0.1, 0.15) is 11.9 Å². The molecule has 1 saturated heterocycles. The van der Waals surface area contributed by atoms with Crippen LogP contribution < -0.4 is 5.32 Å². The Balaban J connectivity index is 1.95. The van der Waals surface area contributed by atoms with Gasteiger partial charge in [-0.05, 0) is 0 Å². The molecule has 88 valence electrons. The number of nitrogens with zero attached hydrogens (tertiary/aromatic N) is 3. The van der Waals surface area contributed by atoms with Crippen LogP contribution in [0.4, 0.5) is 0 Å². The fourth-order valence-electron chi connectivity index (χ4n) is 1.87. The number of carbonyl (C=O) groups is 1. The summed E-state index contributed by atoms with van der Waals surface area (Å²) in [4.78, 5) is 17.2. The van der Waals surface area contributed by atoms with Gasteiger partial charge in [-0.2, -0.15) is 0 Å². The van der Waals surface area contributed by atoms with Crippen LogP contribution in [0.25, 0.3) is 0 Å². The van der Waals surface area contributed by atoms with Crippen LogP contribution in [0.2, 0.25) is 0 Å². The lowest BCUT2D eigenvalue weighted by Gasteiger charge is -2.31. The minimum atomic E-state index is -0.787. The van der Waals surface area contributed by atoms with Crippen LogP contribution >= 0.6 is 0 Å². The minimum absolute atomic E-state index is 0.464. The maximum Gasteiger partial charge on any atom is 0.322 e. The first-order chi connectivity index (χ1) is 7.66. The summed E-state index contributed by atoms with van der Waals surface area (Å²) < 4.78 is 1.96. The van der Waals surface area contributed by atoms with Gasteiger partial charge in [-0.1, -0.05) is 0 Å². The van der Waals surface area contributed by atoms with Crippen LogP contribution in [-0.4, -0.2) is 51.2 Å². The van der Waals surface area contributed by atoms with Crippen molar-refractivity contribution in [1.29, 1.82) is 0 Å². The lowest BCUT2D eigenvalue weighted by atomic mass is 10.2. The second-order valence-corrected chi connectivity index (χ2v) is 4.03. The molecule has 1 aliphatic rings. The van der Waals surface area contributed by atoms with E-state index in [2.05, 4.69) is 15.2 Å². The number of carboxylic acids is 1. The van der Waals surface area contributed by atoms with Gasteiger partial charge in [-0.25, -0.2) is 4.98 Å². The fourth-order valence-corrected chi connectivity index (χ4v) is 1.87. The van der Waals surface area contributed by atoms with Gasteiger partial charge in [0, 0.05) is 39.1 Å². The van der Waals surface area contributed by atoms with Crippen LogP contribution in [-0.2, 0) is 18.4 Å². The molecule has 0 spiro atoms. The van der Waals surface area contributed by atoms with E-state index in [9.17, 15) is 4.79 Å². The number of hydrogen-bond donors (Lipinski definition) is 2. The average molecular weight is 224 g/mol. The quantitative estimate of drug-likeness (QED) is 0.709. The summed E-state index contributed by atoms with van der Waals surface area (Å²) in [6.07, 6.45) is 3.65. The van der Waals surface area contributed by atoms with Crippen LogP contribution in [0.15, 0.2) is 12.4 Å². The molecular formula is C10H16N4O2. The van der Waals surface area contributed by atoms with Crippen molar-refractivity contribution in [3.8, 4) is 0 Å². The highest BCUT2D eigenvalue weighted by molar-refractivity contribution is 5.73. The number of imidazole rings is 1. The van der Waals surface area contributed by atoms with Crippen LogP contribution in [0.5, 0.6) is 0 Å². The van der Waals surface area contributed by atoms with Crippen molar-refractivity contribution >= 4 is 5.97 Å². The van der Waals surface area contributed by atoms with E-state index in [0.717, 1.165) is 12.4 Å². The van der Waals surface area contributed by atoms with Gasteiger partial charge >= 0.3 is 5.97 Å². The summed E-state index contributed by atoms with van der Waals surface area (Å²) in [6, 6.07) is -0.464. The standard InChI is InChI=1S/C10H16N4O2/c1-13-4-2-12-9(13)7-14-5-3-11-8(6-14)10(15)16/h2,4,8,11H,3,5-7H2,1H3,(H,15,16)/t8-/m1/s1. The van der Waals surface area contributed by atoms with Gasteiger partial charge < -0.3 is 15.0 Å². The highest BCUT2D eigenvalue weighted by Gasteiger charge is 2.25. The van der Waals surface area contributed by atoms with E-state index in [1.54, 1.807) is 6.20 Å². The molecule has 1 aliphatic heterocycles. The van der Waals surface area contributed by atoms with Crippen LogP contribution in [0, 0.1) is 0 Å². The molecule has 0 bridgehead atoms. The van der Waals surface area contributed by atoms with Crippen molar-refractivity contribution in [3.05, 3.63) is 18.2 Å². The van der Waals surface area contributed by atoms with Gasteiger partial charge in [-0.3, -0.25) is 9.69 Å². The number of aromatic nitrogens is 2. The minimum Gasteiger partial charge on any atom is -0.480 e. The van der Waals surface area contributed by atoms with Gasteiger partial charge in [0.05, 0.1) is 6.54 Å². The number of piperazine rings is 1. The monoisotopic (exact) mass is 224 g/mol. The van der Waals surface area contributed by atoms with E-state index in [1.807, 2.05) is 17.8 Å². The molecule has 2 heterocycles. The molecule has 1 aromatic rings. The molecule has 2 rings (SSSR count). The predicted octanol–water partition coefficient (Wildman–Crippen LogP) is -0.721. The molecule has 6 heteroatoms. The number of carboxylic acid groups (broad SMARTS) is 1. The van der Waals surface area contributed by atoms with Crippen molar-refractivity contribution in [2.75, 3.05) is 19.6 Å². The summed E-state index contributed by atoms with van der Waals surface area (Å²) in [5.74, 6) is 0.176. The SMILES string of the molecule is Cn1ccnc1CN1CCN[C@@H](C(=O)O)C1. The Morgan fingerprint density at radius 1 is 1.75 bits per heavy atom. The lowest BCUT2D eigenvalue weighted by molar-refractivity contribution is -0.140. The highest BCUT2D eigenvalue weighted by Crippen LogP contribution is 2.05. The molecule has 6 nitrogen and oxygen atoms in total. The molecule has 1 fully saturated rings. The van der Waals surface area contributed by atoms with E-state index < -0.39 is 12.0 Å². The summed E-state index contributed by atoms with van der Waals surface area (Å²) in [6.45, 7) is 2.80. The second-order valence-electron chi connectivity index (χ2n) is 4.03. The first-order valence-corrected chi connectivity index (χ1v) is 5.31. The number of aryl methyl sites for hydroxylation is 1. The molecule has 0 radical (unpaired) electrons. The van der Waals surface area contributed by atoms with Gasteiger partial charge in [-0.15, -0.1) is 0 Å². The third-order valence-electron chi connectivity index (χ3n) is 2.84. The van der Waals surface area contributed by atoms with E-state index in [0.29, 0.717) is 19.6 Å². The number of nitrogens with one attached hydrogen (secondary N) is 1. The Morgan fingerprint density at radius 2 is 2.56 bits per heavy atom. The molecule has 2 N–H and O–H groups in total. The molecule has 0 aromatic carbocycles. The zero-order valence-corrected chi connectivity index (χ0v) is 9.26. The second kappa shape index (κ2) is 4.63. The van der Waals surface area contributed by atoms with Gasteiger partial charge in [0.15, 0.2) is 0 Å². The smallest absolute Gasteiger partial charge is 0.322 e. The Labute approximate surface area is 93.9 Å². The molecule has 0 saturated carbocycles. The van der Waals surface area contributed by atoms with Crippen molar-refractivity contribution < 1.29 is 9.90 Å². The largest absolute Gasteiger partial charge is 0.480 e. The molecule has 0 unspecified atom stereocenters. The summed E-state index contributed by atoms with van der Waals surface area (Å²) in [7, 11) is 1.94. The molecule has 0 amide bonds. The summed E-state index contributed by atoms with van der Waals surface area (Å²) >= 11 is 0. The van der Waals surface area contributed by atoms with E-state index in [4.69, 9.17) is 5.11 Å². The maximum atomic E-state index is 10.9. The highest BCUT2D eigenvalue weighted by atomic mass is 16.4. The third-order valence-corrected chi connectivity index (χ3v) is 2.84. The predicted molar refractivity (Wildman–Crippen MR) is 57.9 cm³/mol. The Bertz CT molecular complexity index is 377. The first kappa shape index (κ1) is 11.1. The number of aliphatic carboxylic acids is 1. The van der Waals surface area contributed by atoms with Crippen LogP contribution in [0.3, 0.4) is 0 Å². The third kappa shape index (κ3) is 2.40. The zero-order valence-electron chi connectivity index (χ0n) is 9.26. The molecule has 1 aromatic heterocycles. The van der Waals surface area contributed by atoms with E-state index >= 15 is 0 Å². The Morgan fingerprint density at radius 3 is 3.19 bits per heavy atom. The zero-order chi connectivity index (χ0) is 11.5. The topological polar surface area (TPSA) is 70.4 Å². The normalized spacial score (nSPS) is 22.2. The lowest BCUT2D eigenvalue weighted by Crippen LogP contribution is -2.53. The molecular weight excluding hydrogens is 208 g/mol. The van der Waals surface area contributed by atoms with Crippen LogP contribution in [0.1, 0.15) is 5.82 Å². The van der Waals surface area contributed by atoms with Crippen molar-refractivity contribution in [3.63, 3.8) is 0 Å². The van der Waals surface area contributed by atoms with Crippen molar-refractivity contribution in [2.45, 2.75) is 12.6 Å². The Hall–Kier alpha value is -1.40. The average Bonchev–Trinajstić information content (AvgIpc) is 2.65. The van der Waals surface area contributed by atoms with E-state index in [1.165, 1.54) is 0 Å². The fraction of sp³-hybridized carbons (Fsp3) is 0.600.